The summed E-state index contributed by atoms with van der Waals surface area (Å²) in [6, 6.07) is 8.97. The van der Waals surface area contributed by atoms with Gasteiger partial charge in [-0.2, -0.15) is 18.3 Å². The Morgan fingerprint density at radius 1 is 1.21 bits per heavy atom. The number of rotatable bonds is 5. The molecule has 2 aromatic heterocycles. The fourth-order valence-corrected chi connectivity index (χ4v) is 4.06. The summed E-state index contributed by atoms with van der Waals surface area (Å²) >= 11 is 12.0. The van der Waals surface area contributed by atoms with Crippen molar-refractivity contribution in [1.29, 1.82) is 0 Å². The van der Waals surface area contributed by atoms with Gasteiger partial charge in [-0.25, -0.2) is 4.68 Å². The highest BCUT2D eigenvalue weighted by atomic mass is 35.5. The van der Waals surface area contributed by atoms with E-state index in [1.807, 2.05) is 12.1 Å². The molecule has 0 bridgehead atoms. The van der Waals surface area contributed by atoms with Gasteiger partial charge in [0.05, 0.1) is 16.1 Å². The molecule has 0 spiro atoms. The SMILES string of the molecule is CN(CCc1ccccn1)C(=O)c1cc2n(n1)[C@H](C(F)(F)F)C[C@@H](c1ccc(Cl)c(Cl)c1)N2. The van der Waals surface area contributed by atoms with Crippen LogP contribution >= 0.6 is 23.2 Å². The molecular formula is C22H20Cl2F3N5O. The summed E-state index contributed by atoms with van der Waals surface area (Å²) in [5.74, 6) is -0.359. The van der Waals surface area contributed by atoms with Crippen LogP contribution in [0.5, 0.6) is 0 Å². The zero-order valence-electron chi connectivity index (χ0n) is 17.5. The summed E-state index contributed by atoms with van der Waals surface area (Å²) in [4.78, 5) is 18.5. The quantitative estimate of drug-likeness (QED) is 0.501. The second-order valence-electron chi connectivity index (χ2n) is 7.82. The van der Waals surface area contributed by atoms with Gasteiger partial charge in [0.1, 0.15) is 5.82 Å². The van der Waals surface area contributed by atoms with Crippen molar-refractivity contribution in [2.45, 2.75) is 31.1 Å². The van der Waals surface area contributed by atoms with Gasteiger partial charge >= 0.3 is 6.18 Å². The van der Waals surface area contributed by atoms with Crippen LogP contribution in [-0.2, 0) is 6.42 Å². The lowest BCUT2D eigenvalue weighted by atomic mass is 9.97. The summed E-state index contributed by atoms with van der Waals surface area (Å²) in [6.45, 7) is 0.347. The number of halogens is 5. The van der Waals surface area contributed by atoms with Gasteiger partial charge in [0.15, 0.2) is 11.7 Å². The number of hydrogen-bond acceptors (Lipinski definition) is 4. The van der Waals surface area contributed by atoms with E-state index in [9.17, 15) is 18.0 Å². The van der Waals surface area contributed by atoms with E-state index in [0.717, 1.165) is 10.4 Å². The van der Waals surface area contributed by atoms with Crippen molar-refractivity contribution in [3.05, 3.63) is 75.7 Å². The highest BCUT2D eigenvalue weighted by Gasteiger charge is 2.47. The Morgan fingerprint density at radius 2 is 2.00 bits per heavy atom. The van der Waals surface area contributed by atoms with Crippen molar-refractivity contribution in [3.8, 4) is 0 Å². The number of carbonyl (C=O) groups is 1. The van der Waals surface area contributed by atoms with Crippen molar-refractivity contribution < 1.29 is 18.0 Å². The van der Waals surface area contributed by atoms with E-state index < -0.39 is 24.2 Å². The second kappa shape index (κ2) is 9.23. The molecule has 1 amide bonds. The number of anilines is 1. The summed E-state index contributed by atoms with van der Waals surface area (Å²) < 4.78 is 42.5. The molecule has 0 saturated carbocycles. The third kappa shape index (κ3) is 5.09. The number of hydrogen-bond donors (Lipinski definition) is 1. The minimum absolute atomic E-state index is 0.0648. The number of carbonyl (C=O) groups excluding carboxylic acids is 1. The number of pyridine rings is 1. The van der Waals surface area contributed by atoms with Gasteiger partial charge in [-0.15, -0.1) is 0 Å². The maximum atomic E-state index is 13.9. The van der Waals surface area contributed by atoms with Crippen molar-refractivity contribution >= 4 is 34.9 Å². The number of nitrogens with zero attached hydrogens (tertiary/aromatic N) is 4. The number of benzene rings is 1. The van der Waals surface area contributed by atoms with Crippen molar-refractivity contribution in [1.82, 2.24) is 19.7 Å². The Balaban J connectivity index is 1.57. The Bertz CT molecular complexity index is 1150. The van der Waals surface area contributed by atoms with Crippen LogP contribution in [0, 0.1) is 0 Å². The zero-order valence-corrected chi connectivity index (χ0v) is 19.0. The average molecular weight is 498 g/mol. The molecule has 3 aromatic rings. The Labute approximate surface area is 198 Å². The van der Waals surface area contributed by atoms with E-state index in [0.29, 0.717) is 23.6 Å². The molecule has 1 aliphatic heterocycles. The fourth-order valence-electron chi connectivity index (χ4n) is 3.75. The van der Waals surface area contributed by atoms with Crippen molar-refractivity contribution in [2.24, 2.45) is 0 Å². The monoisotopic (exact) mass is 497 g/mol. The first-order valence-corrected chi connectivity index (χ1v) is 10.9. The predicted octanol–water partition coefficient (Wildman–Crippen LogP) is 5.56. The highest BCUT2D eigenvalue weighted by Crippen LogP contribution is 2.44. The molecule has 174 valence electrons. The normalized spacial score (nSPS) is 17.9. The fraction of sp³-hybridized carbons (Fsp3) is 0.318. The van der Waals surface area contributed by atoms with Gasteiger partial charge in [0, 0.05) is 44.4 Å². The zero-order chi connectivity index (χ0) is 23.8. The molecule has 3 heterocycles. The molecule has 0 saturated heterocycles. The molecule has 0 radical (unpaired) electrons. The molecule has 0 aliphatic carbocycles. The van der Waals surface area contributed by atoms with E-state index in [-0.39, 0.29) is 23.0 Å². The van der Waals surface area contributed by atoms with Gasteiger partial charge in [-0.05, 0) is 29.8 Å². The molecule has 11 heteroatoms. The van der Waals surface area contributed by atoms with Gasteiger partial charge in [-0.1, -0.05) is 35.3 Å². The molecule has 1 aliphatic rings. The lowest BCUT2D eigenvalue weighted by Gasteiger charge is -2.33. The minimum atomic E-state index is -4.55. The van der Waals surface area contributed by atoms with Crippen molar-refractivity contribution in [3.63, 3.8) is 0 Å². The molecule has 6 nitrogen and oxygen atoms in total. The van der Waals surface area contributed by atoms with Crippen LogP contribution in [0.15, 0.2) is 48.7 Å². The first-order valence-electron chi connectivity index (χ1n) is 10.2. The van der Waals surface area contributed by atoms with Gasteiger partial charge in [0.2, 0.25) is 0 Å². The largest absolute Gasteiger partial charge is 0.410 e. The summed E-state index contributed by atoms with van der Waals surface area (Å²) in [5.41, 5.74) is 1.31. The second-order valence-corrected chi connectivity index (χ2v) is 8.64. The van der Waals surface area contributed by atoms with E-state index in [1.54, 1.807) is 37.5 Å². The van der Waals surface area contributed by atoms with Crippen LogP contribution in [0.1, 0.15) is 40.3 Å². The maximum Gasteiger partial charge on any atom is 0.410 e. The first-order chi connectivity index (χ1) is 15.6. The van der Waals surface area contributed by atoms with E-state index >= 15 is 0 Å². The molecule has 0 fully saturated rings. The molecular weight excluding hydrogens is 478 g/mol. The highest BCUT2D eigenvalue weighted by molar-refractivity contribution is 6.42. The molecule has 4 rings (SSSR count). The van der Waals surface area contributed by atoms with Crippen LogP contribution < -0.4 is 5.32 Å². The number of fused-ring (bicyclic) bond motifs is 1. The number of aromatic nitrogens is 3. The van der Waals surface area contributed by atoms with Crippen LogP contribution in [0.3, 0.4) is 0 Å². The summed E-state index contributed by atoms with van der Waals surface area (Å²) in [7, 11) is 1.58. The predicted molar refractivity (Wildman–Crippen MR) is 120 cm³/mol. The van der Waals surface area contributed by atoms with Crippen molar-refractivity contribution in [2.75, 3.05) is 18.9 Å². The third-order valence-corrected chi connectivity index (χ3v) is 6.27. The standard InChI is InChI=1S/C22H20Cl2F3N5O/c1-31(9-7-14-4-2-3-8-28-14)21(33)18-12-20-29-17(13-5-6-15(23)16(24)10-13)11-19(22(25,26)27)32(20)30-18/h2-6,8,10,12,17,19,29H,7,9,11H2,1H3/t17-,19-/m0/s1. The Morgan fingerprint density at radius 3 is 2.67 bits per heavy atom. The molecule has 0 unspecified atom stereocenters. The third-order valence-electron chi connectivity index (χ3n) is 5.53. The van der Waals surface area contributed by atoms with Gasteiger partial charge in [0.25, 0.3) is 5.91 Å². The topological polar surface area (TPSA) is 63.1 Å². The smallest absolute Gasteiger partial charge is 0.363 e. The Kier molecular flexibility index (Phi) is 6.54. The molecule has 33 heavy (non-hydrogen) atoms. The van der Waals surface area contributed by atoms with E-state index in [4.69, 9.17) is 23.2 Å². The van der Waals surface area contributed by atoms with Gasteiger partial charge in [-0.3, -0.25) is 9.78 Å². The number of likely N-dealkylation sites (N-methyl/N-ethyl adjacent to an activating group) is 1. The summed E-state index contributed by atoms with van der Waals surface area (Å²) in [6.07, 6.45) is -2.69. The lowest BCUT2D eigenvalue weighted by Crippen LogP contribution is -2.36. The lowest BCUT2D eigenvalue weighted by molar-refractivity contribution is -0.173. The molecule has 1 N–H and O–H groups in total. The van der Waals surface area contributed by atoms with E-state index in [2.05, 4.69) is 15.4 Å². The van der Waals surface area contributed by atoms with Crippen LogP contribution in [0.25, 0.3) is 0 Å². The number of nitrogens with one attached hydrogen (secondary N) is 1. The first kappa shape index (κ1) is 23.4. The van der Waals surface area contributed by atoms with Gasteiger partial charge < -0.3 is 10.2 Å². The average Bonchev–Trinajstić information content (AvgIpc) is 3.22. The number of amides is 1. The number of alkyl halides is 3. The van der Waals surface area contributed by atoms with Crippen LogP contribution in [0.4, 0.5) is 19.0 Å². The molecule has 1 aromatic carbocycles. The summed E-state index contributed by atoms with van der Waals surface area (Å²) in [5, 5.41) is 7.64. The Hall–Kier alpha value is -2.78. The van der Waals surface area contributed by atoms with E-state index in [1.165, 1.54) is 11.0 Å². The van der Waals surface area contributed by atoms with Crippen LogP contribution in [-0.4, -0.2) is 45.3 Å². The van der Waals surface area contributed by atoms with Crippen LogP contribution in [0.2, 0.25) is 10.0 Å². The molecule has 2 atom stereocenters. The maximum absolute atomic E-state index is 13.9. The minimum Gasteiger partial charge on any atom is -0.363 e.